The maximum absolute atomic E-state index is 12.3. The van der Waals surface area contributed by atoms with Gasteiger partial charge >= 0.3 is 5.97 Å². The van der Waals surface area contributed by atoms with E-state index in [1.165, 1.54) is 0 Å². The Kier molecular flexibility index (Phi) is 7.77. The zero-order valence-electron chi connectivity index (χ0n) is 21.3. The monoisotopic (exact) mass is 538 g/mol. The fraction of sp³-hybridized carbons (Fsp3) is 0.615. The van der Waals surface area contributed by atoms with Crippen LogP contribution in [-0.4, -0.2) is 98.0 Å². The molecule has 0 aromatic heterocycles. The minimum atomic E-state index is -1.66. The number of phenols is 3. The van der Waals surface area contributed by atoms with Gasteiger partial charge in [-0.05, 0) is 26.0 Å². The highest BCUT2D eigenvalue weighted by molar-refractivity contribution is 5.91. The van der Waals surface area contributed by atoms with Gasteiger partial charge in [0.05, 0.1) is 23.9 Å². The van der Waals surface area contributed by atoms with Crippen LogP contribution in [0.4, 0.5) is 0 Å². The van der Waals surface area contributed by atoms with E-state index in [1.807, 2.05) is 19.9 Å². The molecule has 1 saturated carbocycles. The highest BCUT2D eigenvalue weighted by atomic mass is 16.7. The number of aromatic hydroxyl groups is 3. The number of esters is 1. The molecular weight excluding hydrogens is 504 g/mol. The molecule has 2 bridgehead atoms. The summed E-state index contributed by atoms with van der Waals surface area (Å²) in [6.45, 7) is 5.53. The molecule has 38 heavy (non-hydrogen) atoms. The van der Waals surface area contributed by atoms with Gasteiger partial charge in [-0.1, -0.05) is 19.1 Å². The predicted octanol–water partition coefficient (Wildman–Crippen LogP) is 0.503. The average molecular weight is 539 g/mol. The number of fused-ring (bicyclic) bond motifs is 2. The van der Waals surface area contributed by atoms with Gasteiger partial charge in [0.1, 0.15) is 36.8 Å². The number of aliphatic hydroxyl groups excluding tert-OH is 3. The van der Waals surface area contributed by atoms with Crippen molar-refractivity contribution in [2.24, 2.45) is 11.3 Å². The molecule has 3 fully saturated rings. The Morgan fingerprint density at radius 3 is 2.39 bits per heavy atom. The number of hydrogen-bond acceptors (Lipinski definition) is 12. The summed E-state index contributed by atoms with van der Waals surface area (Å²) in [6, 6.07) is 1.77. The number of ketones is 1. The smallest absolute Gasteiger partial charge is 0.338 e. The van der Waals surface area contributed by atoms with Gasteiger partial charge in [-0.3, -0.25) is 4.79 Å². The molecule has 3 aliphatic rings. The number of ether oxygens (including phenoxy) is 4. The summed E-state index contributed by atoms with van der Waals surface area (Å²) < 4.78 is 22.4. The van der Waals surface area contributed by atoms with Crippen molar-refractivity contribution in [1.29, 1.82) is 0 Å². The van der Waals surface area contributed by atoms with Crippen molar-refractivity contribution in [3.8, 4) is 17.2 Å². The largest absolute Gasteiger partial charge is 0.504 e. The first-order valence-electron chi connectivity index (χ1n) is 12.4. The summed E-state index contributed by atoms with van der Waals surface area (Å²) in [5.74, 6) is -3.14. The predicted molar refractivity (Wildman–Crippen MR) is 128 cm³/mol. The third kappa shape index (κ3) is 5.37. The van der Waals surface area contributed by atoms with E-state index in [4.69, 9.17) is 18.9 Å². The minimum Gasteiger partial charge on any atom is -0.504 e. The summed E-state index contributed by atoms with van der Waals surface area (Å²) in [5, 5.41) is 59.7. The van der Waals surface area contributed by atoms with Gasteiger partial charge < -0.3 is 49.6 Å². The number of carbonyl (C=O) groups is 2. The fourth-order valence-electron chi connectivity index (χ4n) is 5.56. The second-order valence-electron chi connectivity index (χ2n) is 10.8. The number of benzene rings is 1. The second kappa shape index (κ2) is 10.4. The number of aliphatic hydroxyl groups is 3. The molecule has 2 aliphatic heterocycles. The second-order valence-corrected chi connectivity index (χ2v) is 10.8. The zero-order chi connectivity index (χ0) is 28.0. The van der Waals surface area contributed by atoms with E-state index in [9.17, 15) is 40.2 Å². The first-order chi connectivity index (χ1) is 17.7. The normalized spacial score (nSPS) is 37.9. The standard InChI is InChI=1S/C26H34O12/c1-12(4-5-18-25(2)8-14(27)9-26(18,3)36-11-25)37-24-22(33)21(32)20(31)17(38-24)10-35-23(34)13-6-15(28)19(30)16(29)7-13/h4-7,12,17-18,20-22,24,28-33H,8-11H2,1-3H3. The van der Waals surface area contributed by atoms with Crippen LogP contribution in [0.3, 0.4) is 0 Å². The SMILES string of the molecule is CC(C=CC1C2(C)COC1(C)CC(=O)C2)OC1OC(COC(=O)c2cc(O)c(O)c(O)c2)C(O)C(O)C1O. The lowest BCUT2D eigenvalue weighted by atomic mass is 9.63. The van der Waals surface area contributed by atoms with Crippen LogP contribution in [-0.2, 0) is 23.7 Å². The Morgan fingerprint density at radius 1 is 1.11 bits per heavy atom. The van der Waals surface area contributed by atoms with E-state index in [-0.39, 0.29) is 22.7 Å². The van der Waals surface area contributed by atoms with Gasteiger partial charge in [-0.2, -0.15) is 0 Å². The van der Waals surface area contributed by atoms with Gasteiger partial charge in [0.15, 0.2) is 23.5 Å². The molecule has 4 rings (SSSR count). The van der Waals surface area contributed by atoms with Gasteiger partial charge in [0.2, 0.25) is 0 Å². The molecule has 2 heterocycles. The lowest BCUT2D eigenvalue weighted by Crippen LogP contribution is -2.59. The Bertz CT molecular complexity index is 1060. The van der Waals surface area contributed by atoms with Crippen LogP contribution in [0.5, 0.6) is 17.2 Å². The lowest BCUT2D eigenvalue weighted by Gasteiger charge is -2.41. The van der Waals surface area contributed by atoms with Crippen molar-refractivity contribution >= 4 is 11.8 Å². The highest BCUT2D eigenvalue weighted by Gasteiger charge is 2.57. The van der Waals surface area contributed by atoms with Crippen molar-refractivity contribution in [1.82, 2.24) is 0 Å². The van der Waals surface area contributed by atoms with Gasteiger partial charge in [0.25, 0.3) is 0 Å². The number of Topliss-reactive ketones (excluding diaryl/α,β-unsaturated/α-hetero) is 1. The van der Waals surface area contributed by atoms with E-state index in [2.05, 4.69) is 0 Å². The van der Waals surface area contributed by atoms with Crippen LogP contribution >= 0.6 is 0 Å². The highest BCUT2D eigenvalue weighted by Crippen LogP contribution is 2.53. The molecule has 12 nitrogen and oxygen atoms in total. The summed E-state index contributed by atoms with van der Waals surface area (Å²) in [5.41, 5.74) is -1.22. The van der Waals surface area contributed by atoms with Crippen molar-refractivity contribution in [3.63, 3.8) is 0 Å². The molecule has 1 aromatic rings. The molecular formula is C26H34O12. The topological polar surface area (TPSA) is 192 Å². The van der Waals surface area contributed by atoms with Crippen LogP contribution in [0.15, 0.2) is 24.3 Å². The first-order valence-corrected chi connectivity index (χ1v) is 12.4. The Morgan fingerprint density at radius 2 is 1.76 bits per heavy atom. The summed E-state index contributed by atoms with van der Waals surface area (Å²) in [6.07, 6.45) is -3.68. The molecule has 9 atom stereocenters. The van der Waals surface area contributed by atoms with Crippen LogP contribution in [0.25, 0.3) is 0 Å². The third-order valence-electron chi connectivity index (χ3n) is 7.57. The fourth-order valence-corrected chi connectivity index (χ4v) is 5.56. The molecule has 0 radical (unpaired) electrons. The molecule has 210 valence electrons. The number of rotatable bonds is 7. The average Bonchev–Trinajstić information content (AvgIpc) is 3.00. The third-order valence-corrected chi connectivity index (χ3v) is 7.57. The quantitative estimate of drug-likeness (QED) is 0.160. The molecule has 0 amide bonds. The molecule has 12 heteroatoms. The number of carbonyl (C=O) groups excluding carboxylic acids is 2. The number of hydrogen-bond donors (Lipinski definition) is 6. The van der Waals surface area contributed by atoms with Crippen molar-refractivity contribution in [2.75, 3.05) is 13.2 Å². The Labute approximate surface area is 219 Å². The van der Waals surface area contributed by atoms with Crippen LogP contribution in [0.1, 0.15) is 44.0 Å². The van der Waals surface area contributed by atoms with E-state index in [1.54, 1.807) is 13.0 Å². The van der Waals surface area contributed by atoms with Gasteiger partial charge in [-0.15, -0.1) is 0 Å². The summed E-state index contributed by atoms with van der Waals surface area (Å²) in [7, 11) is 0. The molecule has 2 saturated heterocycles. The van der Waals surface area contributed by atoms with E-state index in [0.29, 0.717) is 19.4 Å². The molecule has 1 aromatic carbocycles. The van der Waals surface area contributed by atoms with E-state index in [0.717, 1.165) is 12.1 Å². The maximum Gasteiger partial charge on any atom is 0.338 e. The zero-order valence-corrected chi connectivity index (χ0v) is 21.3. The molecule has 6 N–H and O–H groups in total. The maximum atomic E-state index is 12.3. The van der Waals surface area contributed by atoms with Gasteiger partial charge in [-0.25, -0.2) is 4.79 Å². The molecule has 9 unspecified atom stereocenters. The summed E-state index contributed by atoms with van der Waals surface area (Å²) in [4.78, 5) is 24.5. The minimum absolute atomic E-state index is 0.0331. The van der Waals surface area contributed by atoms with Crippen LogP contribution < -0.4 is 0 Å². The van der Waals surface area contributed by atoms with E-state index < -0.39 is 72.2 Å². The van der Waals surface area contributed by atoms with Crippen LogP contribution in [0.2, 0.25) is 0 Å². The lowest BCUT2D eigenvalue weighted by molar-refractivity contribution is -0.306. The summed E-state index contributed by atoms with van der Waals surface area (Å²) >= 11 is 0. The van der Waals surface area contributed by atoms with Crippen LogP contribution in [0, 0.1) is 11.3 Å². The Hall–Kier alpha value is -2.74. The van der Waals surface area contributed by atoms with Crippen molar-refractivity contribution < 1.29 is 59.2 Å². The van der Waals surface area contributed by atoms with Gasteiger partial charge in [0, 0.05) is 24.2 Å². The van der Waals surface area contributed by atoms with E-state index >= 15 is 0 Å². The number of phenolic OH excluding ortho intramolecular Hbond substituents is 3. The molecule has 0 spiro atoms. The van der Waals surface area contributed by atoms with Crippen molar-refractivity contribution in [3.05, 3.63) is 29.8 Å². The Balaban J connectivity index is 1.38. The first kappa shape index (κ1) is 28.3. The van der Waals surface area contributed by atoms with Crippen molar-refractivity contribution in [2.45, 2.75) is 76.0 Å². The molecule has 1 aliphatic carbocycles.